The predicted molar refractivity (Wildman–Crippen MR) is 123 cm³/mol. The Kier molecular flexibility index (Phi) is 6.32. The second kappa shape index (κ2) is 9.85. The Labute approximate surface area is 189 Å². The average molecular weight is 427 g/mol. The summed E-state index contributed by atoms with van der Waals surface area (Å²) in [6, 6.07) is 32.1. The fourth-order valence-corrected chi connectivity index (χ4v) is 4.77. The summed E-state index contributed by atoms with van der Waals surface area (Å²) in [4.78, 5) is 3.19. The Morgan fingerprint density at radius 3 is 1.97 bits per heavy atom. The average Bonchev–Trinajstić information content (AvgIpc) is 3.30. The van der Waals surface area contributed by atoms with Gasteiger partial charge in [0.05, 0.1) is 6.54 Å². The Bertz CT molecular complexity index is 1090. The summed E-state index contributed by atoms with van der Waals surface area (Å²) in [5, 5.41) is 13.0. The molecule has 6 heteroatoms. The molecule has 1 aliphatic heterocycles. The van der Waals surface area contributed by atoms with E-state index in [-0.39, 0.29) is 6.04 Å². The molecular formula is C26H30N6+2. The molecule has 1 atom stereocenters. The van der Waals surface area contributed by atoms with Crippen molar-refractivity contribution in [3.8, 4) is 0 Å². The molecule has 0 amide bonds. The maximum Gasteiger partial charge on any atom is 0.214 e. The first-order chi connectivity index (χ1) is 15.9. The molecule has 1 fully saturated rings. The quantitative estimate of drug-likeness (QED) is 0.460. The van der Waals surface area contributed by atoms with Crippen LogP contribution in [-0.4, -0.2) is 46.4 Å². The highest BCUT2D eigenvalue weighted by atomic mass is 15.6. The van der Waals surface area contributed by atoms with Gasteiger partial charge in [0.2, 0.25) is 5.82 Å². The zero-order valence-electron chi connectivity index (χ0n) is 18.3. The molecule has 32 heavy (non-hydrogen) atoms. The molecule has 6 nitrogen and oxygen atoms in total. The zero-order valence-corrected chi connectivity index (χ0v) is 18.3. The standard InChI is InChI=1S/C26H28N6/c1-4-10-22(11-5-1)20-30-16-18-31(19-17-30)25(24-14-8-3-9-15-24)26-27-28-29-32(26)21-23-12-6-2-7-13-23/h1-15,25H,16-21H2/p+2/t25-/m0/s1. The first kappa shape index (κ1) is 20.5. The van der Waals surface area contributed by atoms with Gasteiger partial charge < -0.3 is 9.80 Å². The van der Waals surface area contributed by atoms with Crippen LogP contribution in [0.25, 0.3) is 0 Å². The Morgan fingerprint density at radius 2 is 1.31 bits per heavy atom. The van der Waals surface area contributed by atoms with Crippen LogP contribution in [0, 0.1) is 0 Å². The van der Waals surface area contributed by atoms with Crippen LogP contribution in [0.1, 0.15) is 28.6 Å². The summed E-state index contributed by atoms with van der Waals surface area (Å²) >= 11 is 0. The van der Waals surface area contributed by atoms with Crippen molar-refractivity contribution in [3.63, 3.8) is 0 Å². The molecule has 0 bridgehead atoms. The third-order valence-electron chi connectivity index (χ3n) is 6.43. The summed E-state index contributed by atoms with van der Waals surface area (Å²) in [5.74, 6) is 0.946. The molecule has 5 rings (SSSR count). The van der Waals surface area contributed by atoms with Crippen molar-refractivity contribution < 1.29 is 9.80 Å². The summed E-state index contributed by atoms with van der Waals surface area (Å²) in [6.45, 7) is 6.27. The Balaban J connectivity index is 1.36. The monoisotopic (exact) mass is 426 g/mol. The first-order valence-electron chi connectivity index (χ1n) is 11.4. The Hall–Kier alpha value is -3.35. The summed E-state index contributed by atoms with van der Waals surface area (Å²) < 4.78 is 1.98. The molecule has 3 aromatic carbocycles. The molecule has 162 valence electrons. The van der Waals surface area contributed by atoms with Gasteiger partial charge in [-0.05, 0) is 16.0 Å². The van der Waals surface area contributed by atoms with Crippen LogP contribution in [0.3, 0.4) is 0 Å². The van der Waals surface area contributed by atoms with E-state index < -0.39 is 0 Å². The number of hydrogen-bond acceptors (Lipinski definition) is 3. The maximum absolute atomic E-state index is 4.53. The van der Waals surface area contributed by atoms with Crippen LogP contribution >= 0.6 is 0 Å². The third kappa shape index (κ3) is 4.77. The minimum atomic E-state index is 0.133. The highest BCUT2D eigenvalue weighted by molar-refractivity contribution is 5.23. The van der Waals surface area contributed by atoms with Gasteiger partial charge >= 0.3 is 0 Å². The van der Waals surface area contributed by atoms with Crippen LogP contribution in [0.2, 0.25) is 0 Å². The molecule has 0 aliphatic carbocycles. The van der Waals surface area contributed by atoms with Crippen molar-refractivity contribution in [2.45, 2.75) is 19.1 Å². The molecule has 1 aromatic heterocycles. The second-order valence-electron chi connectivity index (χ2n) is 8.59. The molecule has 0 saturated carbocycles. The molecule has 4 aromatic rings. The molecule has 0 spiro atoms. The first-order valence-corrected chi connectivity index (χ1v) is 11.4. The lowest BCUT2D eigenvalue weighted by molar-refractivity contribution is -1.03. The predicted octanol–water partition coefficient (Wildman–Crippen LogP) is 0.794. The zero-order chi connectivity index (χ0) is 21.6. The van der Waals surface area contributed by atoms with Gasteiger partial charge in [-0.25, -0.2) is 4.68 Å². The highest BCUT2D eigenvalue weighted by Gasteiger charge is 2.35. The van der Waals surface area contributed by atoms with Crippen LogP contribution in [0.5, 0.6) is 0 Å². The van der Waals surface area contributed by atoms with E-state index in [0.29, 0.717) is 6.54 Å². The van der Waals surface area contributed by atoms with Crippen LogP contribution in [0.4, 0.5) is 0 Å². The van der Waals surface area contributed by atoms with Gasteiger partial charge in [-0.3, -0.25) is 0 Å². The van der Waals surface area contributed by atoms with Gasteiger partial charge in [0.1, 0.15) is 32.7 Å². The van der Waals surface area contributed by atoms with Gasteiger partial charge in [-0.1, -0.05) is 91.0 Å². The van der Waals surface area contributed by atoms with Crippen LogP contribution < -0.4 is 9.80 Å². The summed E-state index contributed by atoms with van der Waals surface area (Å²) in [7, 11) is 0. The van der Waals surface area contributed by atoms with E-state index in [1.54, 1.807) is 4.90 Å². The van der Waals surface area contributed by atoms with E-state index in [4.69, 9.17) is 0 Å². The maximum atomic E-state index is 4.53. The Morgan fingerprint density at radius 1 is 0.719 bits per heavy atom. The lowest BCUT2D eigenvalue weighted by Gasteiger charge is -2.34. The van der Waals surface area contributed by atoms with E-state index in [0.717, 1.165) is 38.5 Å². The van der Waals surface area contributed by atoms with E-state index in [1.165, 1.54) is 21.6 Å². The molecule has 2 N–H and O–H groups in total. The number of hydrogen-bond donors (Lipinski definition) is 2. The largest absolute Gasteiger partial charge is 0.322 e. The van der Waals surface area contributed by atoms with Gasteiger partial charge in [-0.2, -0.15) is 0 Å². The fourth-order valence-electron chi connectivity index (χ4n) is 4.77. The van der Waals surface area contributed by atoms with Gasteiger partial charge in [0.25, 0.3) is 0 Å². The number of piperazine rings is 1. The van der Waals surface area contributed by atoms with Gasteiger partial charge in [0, 0.05) is 11.1 Å². The van der Waals surface area contributed by atoms with E-state index in [1.807, 2.05) is 10.7 Å². The molecule has 1 saturated heterocycles. The highest BCUT2D eigenvalue weighted by Crippen LogP contribution is 2.17. The third-order valence-corrected chi connectivity index (χ3v) is 6.43. The van der Waals surface area contributed by atoms with Crippen molar-refractivity contribution in [2.75, 3.05) is 26.2 Å². The number of tetrazole rings is 1. The number of aromatic nitrogens is 4. The minimum absolute atomic E-state index is 0.133. The van der Waals surface area contributed by atoms with E-state index >= 15 is 0 Å². The smallest absolute Gasteiger partial charge is 0.214 e. The van der Waals surface area contributed by atoms with Crippen molar-refractivity contribution in [1.82, 2.24) is 20.2 Å². The van der Waals surface area contributed by atoms with Crippen molar-refractivity contribution >= 4 is 0 Å². The fraction of sp³-hybridized carbons (Fsp3) is 0.269. The number of nitrogens with zero attached hydrogens (tertiary/aromatic N) is 4. The molecule has 0 unspecified atom stereocenters. The van der Waals surface area contributed by atoms with Crippen LogP contribution in [0.15, 0.2) is 91.0 Å². The van der Waals surface area contributed by atoms with E-state index in [2.05, 4.69) is 100 Å². The van der Waals surface area contributed by atoms with Crippen molar-refractivity contribution in [2.24, 2.45) is 0 Å². The number of rotatable bonds is 7. The SMILES string of the molecule is c1ccc(Cn2nnnc2[C@H](c2ccccc2)[NH+]2CC[NH+](Cc3ccccc3)CC2)cc1. The van der Waals surface area contributed by atoms with Crippen LogP contribution in [-0.2, 0) is 13.1 Å². The normalized spacial score (nSPS) is 19.5. The van der Waals surface area contributed by atoms with Gasteiger partial charge in [-0.15, -0.1) is 5.10 Å². The summed E-state index contributed by atoms with van der Waals surface area (Å²) in [6.07, 6.45) is 0. The van der Waals surface area contributed by atoms with Crippen molar-refractivity contribution in [3.05, 3.63) is 114 Å². The number of nitrogens with one attached hydrogen (secondary N) is 2. The lowest BCUT2D eigenvalue weighted by Crippen LogP contribution is -3.27. The molecule has 0 radical (unpaired) electrons. The van der Waals surface area contributed by atoms with E-state index in [9.17, 15) is 0 Å². The number of quaternary nitrogens is 2. The topological polar surface area (TPSA) is 52.5 Å². The number of benzene rings is 3. The molecular weight excluding hydrogens is 396 g/mol. The molecule has 2 heterocycles. The molecule has 1 aliphatic rings. The second-order valence-corrected chi connectivity index (χ2v) is 8.59. The van der Waals surface area contributed by atoms with Crippen molar-refractivity contribution in [1.29, 1.82) is 0 Å². The minimum Gasteiger partial charge on any atom is -0.322 e. The lowest BCUT2D eigenvalue weighted by atomic mass is 10.0. The summed E-state index contributed by atoms with van der Waals surface area (Å²) in [5.41, 5.74) is 3.90. The van der Waals surface area contributed by atoms with Gasteiger partial charge in [0.15, 0.2) is 6.04 Å².